The van der Waals surface area contributed by atoms with Gasteiger partial charge in [0.05, 0.1) is 11.3 Å². The zero-order chi connectivity index (χ0) is 13.2. The van der Waals surface area contributed by atoms with Gasteiger partial charge in [0.1, 0.15) is 6.07 Å². The van der Waals surface area contributed by atoms with Crippen molar-refractivity contribution in [2.24, 2.45) is 5.41 Å². The molecule has 1 fully saturated rings. The summed E-state index contributed by atoms with van der Waals surface area (Å²) in [5.74, 6) is 0.128. The molecule has 0 heterocycles. The van der Waals surface area contributed by atoms with E-state index in [1.807, 2.05) is 25.1 Å². The van der Waals surface area contributed by atoms with Gasteiger partial charge in [-0.15, -0.1) is 0 Å². The molecule has 0 atom stereocenters. The summed E-state index contributed by atoms with van der Waals surface area (Å²) in [4.78, 5) is 14.2. The fourth-order valence-corrected chi connectivity index (χ4v) is 2.74. The monoisotopic (exact) mass is 242 g/mol. The Labute approximate surface area is 108 Å². The van der Waals surface area contributed by atoms with Crippen LogP contribution < -0.4 is 4.90 Å². The third-order valence-corrected chi connectivity index (χ3v) is 3.91. The first kappa shape index (κ1) is 12.6. The summed E-state index contributed by atoms with van der Waals surface area (Å²) in [7, 11) is 1.77. The van der Waals surface area contributed by atoms with Crippen molar-refractivity contribution < 1.29 is 4.79 Å². The minimum atomic E-state index is -0.253. The van der Waals surface area contributed by atoms with Crippen molar-refractivity contribution in [2.75, 3.05) is 11.9 Å². The van der Waals surface area contributed by atoms with Crippen molar-refractivity contribution in [1.82, 2.24) is 0 Å². The number of benzene rings is 1. The summed E-state index contributed by atoms with van der Waals surface area (Å²) in [6, 6.07) is 9.39. The highest BCUT2D eigenvalue weighted by Crippen LogP contribution is 2.40. The van der Waals surface area contributed by atoms with E-state index in [0.29, 0.717) is 11.3 Å². The van der Waals surface area contributed by atoms with Crippen LogP contribution in [0.25, 0.3) is 0 Å². The van der Waals surface area contributed by atoms with Crippen LogP contribution in [0.3, 0.4) is 0 Å². The Morgan fingerprint density at radius 2 is 1.94 bits per heavy atom. The van der Waals surface area contributed by atoms with Crippen LogP contribution in [0.5, 0.6) is 0 Å². The van der Waals surface area contributed by atoms with E-state index in [9.17, 15) is 4.79 Å². The summed E-state index contributed by atoms with van der Waals surface area (Å²) in [6.07, 6.45) is 4.14. The number of anilines is 1. The van der Waals surface area contributed by atoms with Crippen molar-refractivity contribution in [1.29, 1.82) is 5.26 Å². The molecule has 0 spiro atoms. The molecule has 1 amide bonds. The van der Waals surface area contributed by atoms with Crippen LogP contribution in [0, 0.1) is 16.7 Å². The molecule has 0 aromatic heterocycles. The van der Waals surface area contributed by atoms with Gasteiger partial charge in [-0.1, -0.05) is 31.9 Å². The molecule has 1 aliphatic rings. The van der Waals surface area contributed by atoms with Gasteiger partial charge < -0.3 is 4.90 Å². The molecule has 94 valence electrons. The topological polar surface area (TPSA) is 44.1 Å². The van der Waals surface area contributed by atoms with Gasteiger partial charge in [-0.2, -0.15) is 5.26 Å². The fourth-order valence-electron chi connectivity index (χ4n) is 2.74. The fraction of sp³-hybridized carbons (Fsp3) is 0.467. The second-order valence-electron chi connectivity index (χ2n) is 5.26. The summed E-state index contributed by atoms with van der Waals surface area (Å²) in [6.45, 7) is 2.04. The Morgan fingerprint density at radius 3 is 2.56 bits per heavy atom. The average Bonchev–Trinajstić information content (AvgIpc) is 2.85. The lowest BCUT2D eigenvalue weighted by Crippen LogP contribution is -2.39. The zero-order valence-electron chi connectivity index (χ0n) is 10.9. The highest BCUT2D eigenvalue weighted by Gasteiger charge is 2.38. The normalized spacial score (nSPS) is 17.2. The second kappa shape index (κ2) is 4.81. The standard InChI is InChI=1S/C15H18N2O/c1-15(9-5-6-10-15)14(18)17(2)13-8-4-3-7-12(13)11-16/h3-4,7-8H,5-6,9-10H2,1-2H3. The molecule has 0 N–H and O–H groups in total. The molecule has 0 radical (unpaired) electrons. The number of nitrogens with zero attached hydrogens (tertiary/aromatic N) is 2. The van der Waals surface area contributed by atoms with Gasteiger partial charge >= 0.3 is 0 Å². The molecule has 2 rings (SSSR count). The van der Waals surface area contributed by atoms with E-state index >= 15 is 0 Å². The Hall–Kier alpha value is -1.82. The van der Waals surface area contributed by atoms with Gasteiger partial charge in [-0.05, 0) is 25.0 Å². The Kier molecular flexibility index (Phi) is 3.38. The van der Waals surface area contributed by atoms with Crippen LogP contribution in [0.2, 0.25) is 0 Å². The summed E-state index contributed by atoms with van der Waals surface area (Å²) in [5.41, 5.74) is 1.00. The first-order valence-electron chi connectivity index (χ1n) is 6.36. The maximum Gasteiger partial charge on any atom is 0.232 e. The predicted molar refractivity (Wildman–Crippen MR) is 71.1 cm³/mol. The van der Waals surface area contributed by atoms with E-state index in [4.69, 9.17) is 5.26 Å². The molecule has 1 aromatic rings. The molecule has 1 aliphatic carbocycles. The van der Waals surface area contributed by atoms with Gasteiger partial charge in [0.2, 0.25) is 5.91 Å². The SMILES string of the molecule is CN(C(=O)C1(C)CCCC1)c1ccccc1C#N. The largest absolute Gasteiger partial charge is 0.314 e. The maximum absolute atomic E-state index is 12.6. The van der Waals surface area contributed by atoms with Crippen LogP contribution in [-0.2, 0) is 4.79 Å². The van der Waals surface area contributed by atoms with Crippen molar-refractivity contribution in [3.63, 3.8) is 0 Å². The van der Waals surface area contributed by atoms with Crippen LogP contribution in [0.15, 0.2) is 24.3 Å². The Balaban J connectivity index is 2.29. The van der Waals surface area contributed by atoms with Crippen LogP contribution in [-0.4, -0.2) is 13.0 Å². The molecule has 18 heavy (non-hydrogen) atoms. The maximum atomic E-state index is 12.6. The third kappa shape index (κ3) is 2.11. The number of carbonyl (C=O) groups excluding carboxylic acids is 1. The van der Waals surface area contributed by atoms with Crippen molar-refractivity contribution in [3.05, 3.63) is 29.8 Å². The van der Waals surface area contributed by atoms with Gasteiger partial charge in [-0.25, -0.2) is 0 Å². The average molecular weight is 242 g/mol. The highest BCUT2D eigenvalue weighted by atomic mass is 16.2. The number of nitriles is 1. The van der Waals surface area contributed by atoms with Crippen molar-refractivity contribution in [3.8, 4) is 6.07 Å². The van der Waals surface area contributed by atoms with Gasteiger partial charge in [-0.3, -0.25) is 4.79 Å². The lowest BCUT2D eigenvalue weighted by atomic mass is 9.87. The first-order valence-corrected chi connectivity index (χ1v) is 6.36. The number of para-hydroxylation sites is 1. The summed E-state index contributed by atoms with van der Waals surface area (Å²) >= 11 is 0. The van der Waals surface area contributed by atoms with E-state index in [2.05, 4.69) is 6.07 Å². The number of rotatable bonds is 2. The molecule has 0 aliphatic heterocycles. The molecule has 0 unspecified atom stereocenters. The van der Waals surface area contributed by atoms with Crippen LogP contribution in [0.4, 0.5) is 5.69 Å². The molecule has 1 saturated carbocycles. The zero-order valence-corrected chi connectivity index (χ0v) is 10.9. The minimum absolute atomic E-state index is 0.128. The quantitative estimate of drug-likeness (QED) is 0.799. The lowest BCUT2D eigenvalue weighted by Gasteiger charge is -2.29. The lowest BCUT2D eigenvalue weighted by molar-refractivity contribution is -0.126. The second-order valence-corrected chi connectivity index (χ2v) is 5.26. The molecular formula is C15H18N2O. The smallest absolute Gasteiger partial charge is 0.232 e. The van der Waals surface area contributed by atoms with Crippen molar-refractivity contribution >= 4 is 11.6 Å². The molecule has 3 heteroatoms. The predicted octanol–water partition coefficient (Wildman–Crippen LogP) is 3.10. The Bertz CT molecular complexity index is 495. The summed E-state index contributed by atoms with van der Waals surface area (Å²) < 4.78 is 0. The van der Waals surface area contributed by atoms with Crippen LogP contribution in [0.1, 0.15) is 38.2 Å². The molecular weight excluding hydrogens is 224 g/mol. The molecule has 1 aromatic carbocycles. The van der Waals surface area contributed by atoms with Gasteiger partial charge in [0.15, 0.2) is 0 Å². The third-order valence-electron chi connectivity index (χ3n) is 3.91. The van der Waals surface area contributed by atoms with E-state index in [-0.39, 0.29) is 11.3 Å². The number of carbonyl (C=O) groups is 1. The highest BCUT2D eigenvalue weighted by molar-refractivity contribution is 5.98. The van der Waals surface area contributed by atoms with Gasteiger partial charge in [0.25, 0.3) is 0 Å². The first-order chi connectivity index (χ1) is 8.58. The summed E-state index contributed by atoms with van der Waals surface area (Å²) in [5, 5.41) is 9.09. The van der Waals surface area contributed by atoms with E-state index < -0.39 is 0 Å². The van der Waals surface area contributed by atoms with E-state index in [0.717, 1.165) is 25.7 Å². The molecule has 0 saturated heterocycles. The Morgan fingerprint density at radius 1 is 1.33 bits per heavy atom. The van der Waals surface area contributed by atoms with Crippen molar-refractivity contribution in [2.45, 2.75) is 32.6 Å². The number of hydrogen-bond donors (Lipinski definition) is 0. The number of hydrogen-bond acceptors (Lipinski definition) is 2. The molecule has 3 nitrogen and oxygen atoms in total. The number of amides is 1. The molecule has 0 bridgehead atoms. The van der Waals surface area contributed by atoms with Gasteiger partial charge in [0, 0.05) is 12.5 Å². The minimum Gasteiger partial charge on any atom is -0.314 e. The van der Waals surface area contributed by atoms with Crippen LogP contribution >= 0.6 is 0 Å². The van der Waals surface area contributed by atoms with E-state index in [1.165, 1.54) is 0 Å². The van der Waals surface area contributed by atoms with E-state index in [1.54, 1.807) is 18.0 Å².